The summed E-state index contributed by atoms with van der Waals surface area (Å²) in [4.78, 5) is 0. The van der Waals surface area contributed by atoms with E-state index in [0.29, 0.717) is 32.5 Å². The zero-order valence-corrected chi connectivity index (χ0v) is 8.21. The van der Waals surface area contributed by atoms with Crippen molar-refractivity contribution in [1.29, 1.82) is 0 Å². The van der Waals surface area contributed by atoms with Gasteiger partial charge in [0.1, 0.15) is 0 Å². The highest BCUT2D eigenvalue weighted by atomic mass is 16.5. The molecule has 0 amide bonds. The maximum Gasteiger partial charge on any atom is 0.0704 e. The minimum Gasteiger partial charge on any atom is -0.378 e. The Labute approximate surface area is 75.2 Å². The topological polar surface area (TPSA) is 44.5 Å². The van der Waals surface area contributed by atoms with Gasteiger partial charge in [-0.2, -0.15) is 0 Å². The fraction of sp³-hybridized carbons (Fsp3) is 1.00. The first-order chi connectivity index (χ1) is 5.81. The van der Waals surface area contributed by atoms with Gasteiger partial charge in [-0.25, -0.2) is 0 Å². The summed E-state index contributed by atoms with van der Waals surface area (Å²) in [6.45, 7) is 6.81. The van der Waals surface area contributed by atoms with Crippen LogP contribution in [0.5, 0.6) is 0 Å². The predicted octanol–water partition coefficient (Wildman–Crippen LogP) is 1.17. The van der Waals surface area contributed by atoms with E-state index in [1.54, 1.807) is 0 Å². The molecular weight excluding hydrogens is 154 g/mol. The van der Waals surface area contributed by atoms with Crippen molar-refractivity contribution in [3.8, 4) is 0 Å². The molecule has 2 N–H and O–H groups in total. The van der Waals surface area contributed by atoms with E-state index in [4.69, 9.17) is 15.2 Å². The van der Waals surface area contributed by atoms with Gasteiger partial charge in [-0.15, -0.1) is 0 Å². The Morgan fingerprint density at radius 1 is 1.25 bits per heavy atom. The normalized spacial score (nSPS) is 13.2. The molecule has 0 saturated heterocycles. The number of rotatable bonds is 8. The number of nitrogens with two attached hydrogens (primary N) is 1. The van der Waals surface area contributed by atoms with Crippen molar-refractivity contribution in [2.75, 3.05) is 26.4 Å². The summed E-state index contributed by atoms with van der Waals surface area (Å²) in [6, 6.07) is 0. The molecule has 1 unspecified atom stereocenters. The number of hydrogen-bond donors (Lipinski definition) is 1. The van der Waals surface area contributed by atoms with Crippen molar-refractivity contribution in [2.24, 2.45) is 5.73 Å². The van der Waals surface area contributed by atoms with Crippen molar-refractivity contribution in [3.05, 3.63) is 0 Å². The molecule has 1 atom stereocenters. The fourth-order valence-corrected chi connectivity index (χ4v) is 0.983. The summed E-state index contributed by atoms with van der Waals surface area (Å²) in [5, 5.41) is 0. The lowest BCUT2D eigenvalue weighted by atomic mass is 10.2. The summed E-state index contributed by atoms with van der Waals surface area (Å²) >= 11 is 0. The van der Waals surface area contributed by atoms with Crippen LogP contribution in [-0.4, -0.2) is 32.5 Å². The van der Waals surface area contributed by atoms with Crippen LogP contribution in [0, 0.1) is 0 Å². The molecule has 12 heavy (non-hydrogen) atoms. The Hall–Kier alpha value is -0.120. The fourth-order valence-electron chi connectivity index (χ4n) is 0.983. The third-order valence-corrected chi connectivity index (χ3v) is 1.59. The standard InChI is InChI=1S/C9H21NO2/c1-3-4-9(2)12-8-7-11-6-5-10/h9H,3-8,10H2,1-2H3. The minimum absolute atomic E-state index is 0.358. The van der Waals surface area contributed by atoms with E-state index in [0.717, 1.165) is 6.42 Å². The summed E-state index contributed by atoms with van der Waals surface area (Å²) in [5.74, 6) is 0. The maximum absolute atomic E-state index is 5.46. The van der Waals surface area contributed by atoms with Gasteiger partial charge in [0.05, 0.1) is 25.9 Å². The van der Waals surface area contributed by atoms with E-state index in [9.17, 15) is 0 Å². The van der Waals surface area contributed by atoms with Crippen LogP contribution in [0.4, 0.5) is 0 Å². The lowest BCUT2D eigenvalue weighted by Crippen LogP contribution is -2.15. The molecule has 0 fully saturated rings. The molecule has 0 radical (unpaired) electrons. The zero-order chi connectivity index (χ0) is 9.23. The van der Waals surface area contributed by atoms with Crippen LogP contribution in [0.2, 0.25) is 0 Å². The lowest BCUT2D eigenvalue weighted by molar-refractivity contribution is 0.0108. The summed E-state index contributed by atoms with van der Waals surface area (Å²) in [5.41, 5.74) is 5.25. The van der Waals surface area contributed by atoms with Gasteiger partial charge in [0.2, 0.25) is 0 Å². The average Bonchev–Trinajstić information content (AvgIpc) is 2.05. The second-order valence-corrected chi connectivity index (χ2v) is 2.87. The van der Waals surface area contributed by atoms with Crippen LogP contribution in [0.1, 0.15) is 26.7 Å². The van der Waals surface area contributed by atoms with Gasteiger partial charge in [-0.05, 0) is 13.3 Å². The first-order valence-corrected chi connectivity index (χ1v) is 4.70. The molecule has 0 aromatic heterocycles. The monoisotopic (exact) mass is 175 g/mol. The van der Waals surface area contributed by atoms with E-state index in [-0.39, 0.29) is 0 Å². The van der Waals surface area contributed by atoms with E-state index in [1.165, 1.54) is 6.42 Å². The number of hydrogen-bond acceptors (Lipinski definition) is 3. The highest BCUT2D eigenvalue weighted by Gasteiger charge is 1.98. The van der Waals surface area contributed by atoms with Crippen LogP contribution in [0.15, 0.2) is 0 Å². The minimum atomic E-state index is 0.358. The van der Waals surface area contributed by atoms with Crippen molar-refractivity contribution in [3.63, 3.8) is 0 Å². The quantitative estimate of drug-likeness (QED) is 0.563. The van der Waals surface area contributed by atoms with Crippen LogP contribution in [0.3, 0.4) is 0 Å². The molecular formula is C9H21NO2. The van der Waals surface area contributed by atoms with Gasteiger partial charge >= 0.3 is 0 Å². The van der Waals surface area contributed by atoms with Crippen molar-refractivity contribution < 1.29 is 9.47 Å². The molecule has 74 valence electrons. The van der Waals surface area contributed by atoms with E-state index in [2.05, 4.69) is 13.8 Å². The molecule has 3 nitrogen and oxygen atoms in total. The summed E-state index contributed by atoms with van der Waals surface area (Å²) < 4.78 is 10.6. The first kappa shape index (κ1) is 11.9. The molecule has 0 rings (SSSR count). The molecule has 0 aromatic rings. The van der Waals surface area contributed by atoms with Gasteiger partial charge < -0.3 is 15.2 Å². The van der Waals surface area contributed by atoms with E-state index in [1.807, 2.05) is 0 Å². The van der Waals surface area contributed by atoms with Crippen molar-refractivity contribution in [1.82, 2.24) is 0 Å². The third kappa shape index (κ3) is 7.98. The number of ether oxygens (including phenoxy) is 2. The first-order valence-electron chi connectivity index (χ1n) is 4.70. The molecule has 0 heterocycles. The van der Waals surface area contributed by atoms with E-state index < -0.39 is 0 Å². The molecule has 0 aromatic carbocycles. The van der Waals surface area contributed by atoms with E-state index >= 15 is 0 Å². The molecule has 0 aliphatic rings. The smallest absolute Gasteiger partial charge is 0.0704 e. The van der Waals surface area contributed by atoms with Gasteiger partial charge in [0.15, 0.2) is 0 Å². The zero-order valence-electron chi connectivity index (χ0n) is 8.21. The third-order valence-electron chi connectivity index (χ3n) is 1.59. The largest absolute Gasteiger partial charge is 0.378 e. The Kier molecular flexibility index (Phi) is 8.88. The Balaban J connectivity index is 2.97. The molecule has 3 heteroatoms. The summed E-state index contributed by atoms with van der Waals surface area (Å²) in [6.07, 6.45) is 2.65. The van der Waals surface area contributed by atoms with Crippen LogP contribution in [0.25, 0.3) is 0 Å². The Bertz CT molecular complexity index is 88.6. The Morgan fingerprint density at radius 2 is 2.00 bits per heavy atom. The van der Waals surface area contributed by atoms with Gasteiger partial charge in [0.25, 0.3) is 0 Å². The molecule has 0 bridgehead atoms. The maximum atomic E-state index is 5.46. The lowest BCUT2D eigenvalue weighted by Gasteiger charge is -2.11. The van der Waals surface area contributed by atoms with Crippen LogP contribution >= 0.6 is 0 Å². The van der Waals surface area contributed by atoms with Gasteiger partial charge in [-0.1, -0.05) is 13.3 Å². The second-order valence-electron chi connectivity index (χ2n) is 2.87. The van der Waals surface area contributed by atoms with Crippen LogP contribution in [-0.2, 0) is 9.47 Å². The van der Waals surface area contributed by atoms with Gasteiger partial charge in [-0.3, -0.25) is 0 Å². The Morgan fingerprint density at radius 3 is 2.58 bits per heavy atom. The van der Waals surface area contributed by atoms with Crippen LogP contribution < -0.4 is 5.73 Å². The predicted molar refractivity (Wildman–Crippen MR) is 50.2 cm³/mol. The molecule has 0 aliphatic heterocycles. The molecule has 0 spiro atoms. The highest BCUT2D eigenvalue weighted by molar-refractivity contribution is 4.47. The molecule has 0 aliphatic carbocycles. The SMILES string of the molecule is CCCC(C)OCCOCCN. The second kappa shape index (κ2) is 8.97. The molecule has 0 saturated carbocycles. The average molecular weight is 175 g/mol. The van der Waals surface area contributed by atoms with Crippen molar-refractivity contribution >= 4 is 0 Å². The van der Waals surface area contributed by atoms with Gasteiger partial charge in [0, 0.05) is 6.54 Å². The highest BCUT2D eigenvalue weighted by Crippen LogP contribution is 1.99. The van der Waals surface area contributed by atoms with Crippen molar-refractivity contribution in [2.45, 2.75) is 32.8 Å². The summed E-state index contributed by atoms with van der Waals surface area (Å²) in [7, 11) is 0.